The molecule has 0 saturated heterocycles. The van der Waals surface area contributed by atoms with Crippen molar-refractivity contribution in [3.8, 4) is 17.6 Å². The van der Waals surface area contributed by atoms with Gasteiger partial charge in [0.1, 0.15) is 12.4 Å². The van der Waals surface area contributed by atoms with Crippen LogP contribution in [0.2, 0.25) is 0 Å². The Bertz CT molecular complexity index is 478. The normalized spacial score (nSPS) is 9.47. The van der Waals surface area contributed by atoms with Crippen LogP contribution >= 0.6 is 15.9 Å². The third kappa shape index (κ3) is 7.37. The highest BCUT2D eigenvalue weighted by molar-refractivity contribution is 9.10. The maximum absolute atomic E-state index is 11.2. The Hall–Kier alpha value is -1.67. The van der Waals surface area contributed by atoms with Gasteiger partial charge in [0.2, 0.25) is 0 Å². The van der Waals surface area contributed by atoms with E-state index >= 15 is 0 Å². The number of amides is 2. The number of nitrogens with one attached hydrogen (secondary N) is 2. The Labute approximate surface area is 122 Å². The molecule has 2 amide bonds. The van der Waals surface area contributed by atoms with E-state index in [1.54, 1.807) is 0 Å². The lowest BCUT2D eigenvalue weighted by atomic mass is 10.3. The second kappa shape index (κ2) is 8.44. The Balaban J connectivity index is 2.20. The van der Waals surface area contributed by atoms with E-state index < -0.39 is 0 Å². The SMILES string of the molecule is CC(C)NC(=O)NCC#CCOc1cccc(Br)c1. The number of ether oxygens (including phenoxy) is 1. The first kappa shape index (κ1) is 15.4. The third-order valence-electron chi connectivity index (χ3n) is 1.99. The summed E-state index contributed by atoms with van der Waals surface area (Å²) in [6, 6.07) is 7.46. The summed E-state index contributed by atoms with van der Waals surface area (Å²) in [5, 5.41) is 5.35. The zero-order valence-electron chi connectivity index (χ0n) is 11.0. The first-order chi connectivity index (χ1) is 9.08. The second-order valence-corrected chi connectivity index (χ2v) is 5.00. The van der Waals surface area contributed by atoms with Gasteiger partial charge in [-0.1, -0.05) is 33.8 Å². The van der Waals surface area contributed by atoms with Crippen LogP contribution < -0.4 is 15.4 Å². The third-order valence-corrected chi connectivity index (χ3v) is 2.48. The number of carbonyl (C=O) groups excluding carboxylic acids is 1. The van der Waals surface area contributed by atoms with Crippen molar-refractivity contribution in [1.82, 2.24) is 10.6 Å². The van der Waals surface area contributed by atoms with Crippen molar-refractivity contribution >= 4 is 22.0 Å². The van der Waals surface area contributed by atoms with Crippen LogP contribution in [0.1, 0.15) is 13.8 Å². The van der Waals surface area contributed by atoms with E-state index in [1.165, 1.54) is 0 Å². The summed E-state index contributed by atoms with van der Waals surface area (Å²) in [7, 11) is 0. The van der Waals surface area contributed by atoms with E-state index in [1.807, 2.05) is 38.1 Å². The van der Waals surface area contributed by atoms with E-state index in [2.05, 4.69) is 38.4 Å². The summed E-state index contributed by atoms with van der Waals surface area (Å²) in [5.41, 5.74) is 0. The lowest BCUT2D eigenvalue weighted by Crippen LogP contribution is -2.39. The molecule has 5 heteroatoms. The number of halogens is 1. The van der Waals surface area contributed by atoms with Gasteiger partial charge in [0.25, 0.3) is 0 Å². The molecule has 0 aliphatic heterocycles. The standard InChI is InChI=1S/C14H17BrN2O2/c1-11(2)17-14(18)16-8-3-4-9-19-13-7-5-6-12(15)10-13/h5-7,10-11H,8-9H2,1-2H3,(H2,16,17,18). The molecule has 0 saturated carbocycles. The Morgan fingerprint density at radius 3 is 2.89 bits per heavy atom. The van der Waals surface area contributed by atoms with Gasteiger partial charge in [0, 0.05) is 10.5 Å². The van der Waals surface area contributed by atoms with Crippen LogP contribution in [0.3, 0.4) is 0 Å². The van der Waals surface area contributed by atoms with Crippen molar-refractivity contribution < 1.29 is 9.53 Å². The van der Waals surface area contributed by atoms with Crippen molar-refractivity contribution in [2.24, 2.45) is 0 Å². The summed E-state index contributed by atoms with van der Waals surface area (Å²) in [6.45, 7) is 4.40. The van der Waals surface area contributed by atoms with Gasteiger partial charge in [-0.25, -0.2) is 4.79 Å². The maximum Gasteiger partial charge on any atom is 0.315 e. The number of rotatable bonds is 4. The van der Waals surface area contributed by atoms with Crippen molar-refractivity contribution in [2.45, 2.75) is 19.9 Å². The lowest BCUT2D eigenvalue weighted by molar-refractivity contribution is 0.239. The highest BCUT2D eigenvalue weighted by Gasteiger charge is 1.98. The van der Waals surface area contributed by atoms with Gasteiger partial charge in [0.05, 0.1) is 6.54 Å². The second-order valence-electron chi connectivity index (χ2n) is 4.08. The monoisotopic (exact) mass is 324 g/mol. The minimum absolute atomic E-state index is 0.118. The van der Waals surface area contributed by atoms with Crippen LogP contribution in [-0.4, -0.2) is 25.2 Å². The smallest absolute Gasteiger partial charge is 0.315 e. The summed E-state index contributed by atoms with van der Waals surface area (Å²) in [4.78, 5) is 11.2. The first-order valence-electron chi connectivity index (χ1n) is 5.96. The van der Waals surface area contributed by atoms with Gasteiger partial charge in [-0.15, -0.1) is 0 Å². The molecule has 0 atom stereocenters. The predicted octanol–water partition coefficient (Wildman–Crippen LogP) is 2.54. The van der Waals surface area contributed by atoms with E-state index in [4.69, 9.17) is 4.74 Å². The van der Waals surface area contributed by atoms with Crippen LogP contribution in [0, 0.1) is 11.8 Å². The number of hydrogen-bond acceptors (Lipinski definition) is 2. The molecule has 0 aliphatic rings. The fourth-order valence-corrected chi connectivity index (χ4v) is 1.61. The molecule has 0 aliphatic carbocycles. The fraction of sp³-hybridized carbons (Fsp3) is 0.357. The van der Waals surface area contributed by atoms with Crippen molar-refractivity contribution in [2.75, 3.05) is 13.2 Å². The van der Waals surface area contributed by atoms with Crippen LogP contribution in [0.5, 0.6) is 5.75 Å². The van der Waals surface area contributed by atoms with E-state index in [0.29, 0.717) is 13.2 Å². The highest BCUT2D eigenvalue weighted by Crippen LogP contribution is 2.17. The van der Waals surface area contributed by atoms with Crippen molar-refractivity contribution in [1.29, 1.82) is 0 Å². The molecule has 0 fully saturated rings. The summed E-state index contributed by atoms with van der Waals surface area (Å²) in [5.74, 6) is 6.41. The molecule has 1 aromatic carbocycles. The number of carbonyl (C=O) groups is 1. The van der Waals surface area contributed by atoms with Crippen molar-refractivity contribution in [3.63, 3.8) is 0 Å². The van der Waals surface area contributed by atoms with Gasteiger partial charge < -0.3 is 15.4 Å². The predicted molar refractivity (Wildman–Crippen MR) is 79.1 cm³/mol. The Kier molecular flexibility index (Phi) is 6.83. The molecule has 19 heavy (non-hydrogen) atoms. The van der Waals surface area contributed by atoms with Crippen LogP contribution in [-0.2, 0) is 0 Å². The molecule has 2 N–H and O–H groups in total. The molecule has 0 radical (unpaired) electrons. The molecule has 4 nitrogen and oxygen atoms in total. The van der Waals surface area contributed by atoms with E-state index in [-0.39, 0.29) is 12.1 Å². The van der Waals surface area contributed by atoms with Crippen molar-refractivity contribution in [3.05, 3.63) is 28.7 Å². The van der Waals surface area contributed by atoms with Gasteiger partial charge in [-0.05, 0) is 32.0 Å². The molecule has 0 heterocycles. The van der Waals surface area contributed by atoms with Crippen LogP contribution in [0.15, 0.2) is 28.7 Å². The number of urea groups is 1. The summed E-state index contributed by atoms with van der Waals surface area (Å²) >= 11 is 3.36. The van der Waals surface area contributed by atoms with E-state index in [0.717, 1.165) is 10.2 Å². The van der Waals surface area contributed by atoms with Gasteiger partial charge in [0.15, 0.2) is 0 Å². The first-order valence-corrected chi connectivity index (χ1v) is 6.75. The number of hydrogen-bond donors (Lipinski definition) is 2. The summed E-state index contributed by atoms with van der Waals surface area (Å²) < 4.78 is 6.39. The zero-order chi connectivity index (χ0) is 14.1. The van der Waals surface area contributed by atoms with Gasteiger partial charge >= 0.3 is 6.03 Å². The topological polar surface area (TPSA) is 50.4 Å². The average molecular weight is 325 g/mol. The summed E-state index contributed by atoms with van der Waals surface area (Å²) in [6.07, 6.45) is 0. The zero-order valence-corrected chi connectivity index (χ0v) is 12.6. The molecular weight excluding hydrogens is 308 g/mol. The minimum atomic E-state index is -0.211. The van der Waals surface area contributed by atoms with Gasteiger partial charge in [-0.2, -0.15) is 0 Å². The van der Waals surface area contributed by atoms with Crippen LogP contribution in [0.4, 0.5) is 4.79 Å². The average Bonchev–Trinajstić information content (AvgIpc) is 2.32. The quantitative estimate of drug-likeness (QED) is 0.836. The van der Waals surface area contributed by atoms with E-state index in [9.17, 15) is 4.79 Å². The molecule has 0 spiro atoms. The van der Waals surface area contributed by atoms with Crippen LogP contribution in [0.25, 0.3) is 0 Å². The molecule has 0 unspecified atom stereocenters. The number of benzene rings is 1. The molecular formula is C14H17BrN2O2. The molecule has 0 bridgehead atoms. The maximum atomic E-state index is 11.2. The molecule has 102 valence electrons. The minimum Gasteiger partial charge on any atom is -0.481 e. The van der Waals surface area contributed by atoms with Gasteiger partial charge in [-0.3, -0.25) is 0 Å². The fourth-order valence-electron chi connectivity index (χ4n) is 1.23. The largest absolute Gasteiger partial charge is 0.481 e. The Morgan fingerprint density at radius 2 is 2.21 bits per heavy atom. The molecule has 1 rings (SSSR count). The Morgan fingerprint density at radius 1 is 1.42 bits per heavy atom. The molecule has 1 aromatic rings. The molecule has 0 aromatic heterocycles. The highest BCUT2D eigenvalue weighted by atomic mass is 79.9. The lowest BCUT2D eigenvalue weighted by Gasteiger charge is -2.07.